The maximum absolute atomic E-state index is 13.4. The van der Waals surface area contributed by atoms with Crippen LogP contribution in [0.4, 0.5) is 5.69 Å². The molecule has 1 aliphatic rings. The number of carbonyl (C=O) groups excluding carboxylic acids is 2. The van der Waals surface area contributed by atoms with Crippen LogP contribution in [0.15, 0.2) is 42.5 Å². The normalized spacial score (nSPS) is 14.8. The van der Waals surface area contributed by atoms with Gasteiger partial charge in [-0.1, -0.05) is 42.6 Å². The number of amides is 2. The van der Waals surface area contributed by atoms with E-state index in [9.17, 15) is 18.0 Å². The number of hydrogen-bond donors (Lipinski definition) is 1. The molecule has 1 atom stereocenters. The summed E-state index contributed by atoms with van der Waals surface area (Å²) in [7, 11) is -3.53. The molecule has 37 heavy (non-hydrogen) atoms. The molecule has 2 aromatic carbocycles. The standard InChI is InChI=1S/C28H38ClN3O4S/c1-20-16-21(2)18-26(17-20)32(37(4,35)36)15-7-10-27(33)31(19-23-11-13-24(29)14-12-23)22(3)28(34)30-25-8-5-6-9-25/h11-14,16-18,22,25H,5-10,15,19H2,1-4H3,(H,30,34)/t22-/m0/s1. The highest BCUT2D eigenvalue weighted by molar-refractivity contribution is 7.92. The molecule has 0 saturated heterocycles. The number of aryl methyl sites for hydroxylation is 2. The average Bonchev–Trinajstić information content (AvgIpc) is 3.32. The van der Waals surface area contributed by atoms with Gasteiger partial charge < -0.3 is 10.2 Å². The molecule has 0 heterocycles. The highest BCUT2D eigenvalue weighted by Gasteiger charge is 2.28. The number of anilines is 1. The molecule has 0 aliphatic heterocycles. The third-order valence-electron chi connectivity index (χ3n) is 6.78. The molecule has 2 amide bonds. The van der Waals surface area contributed by atoms with Gasteiger partial charge in [0.15, 0.2) is 0 Å². The molecule has 0 radical (unpaired) electrons. The summed E-state index contributed by atoms with van der Waals surface area (Å²) in [5, 5.41) is 3.69. The maximum Gasteiger partial charge on any atom is 0.242 e. The molecular formula is C28H38ClN3O4S. The Bertz CT molecular complexity index is 1170. The minimum absolute atomic E-state index is 0.117. The van der Waals surface area contributed by atoms with Gasteiger partial charge in [0.25, 0.3) is 0 Å². The predicted molar refractivity (Wildman–Crippen MR) is 149 cm³/mol. The molecule has 1 saturated carbocycles. The van der Waals surface area contributed by atoms with E-state index < -0.39 is 16.1 Å². The Morgan fingerprint density at radius 3 is 2.22 bits per heavy atom. The first-order chi connectivity index (χ1) is 17.4. The van der Waals surface area contributed by atoms with Crippen LogP contribution in [0.25, 0.3) is 0 Å². The molecule has 0 unspecified atom stereocenters. The summed E-state index contributed by atoms with van der Waals surface area (Å²) in [4.78, 5) is 28.0. The van der Waals surface area contributed by atoms with Crippen LogP contribution in [0.3, 0.4) is 0 Å². The maximum atomic E-state index is 13.4. The topological polar surface area (TPSA) is 86.8 Å². The van der Waals surface area contributed by atoms with Gasteiger partial charge in [0.1, 0.15) is 6.04 Å². The second-order valence-electron chi connectivity index (χ2n) is 10.1. The van der Waals surface area contributed by atoms with Crippen LogP contribution in [-0.4, -0.2) is 50.0 Å². The monoisotopic (exact) mass is 547 g/mol. The summed E-state index contributed by atoms with van der Waals surface area (Å²) in [5.41, 5.74) is 3.40. The summed E-state index contributed by atoms with van der Waals surface area (Å²) in [6.07, 6.45) is 5.74. The molecule has 1 N–H and O–H groups in total. The van der Waals surface area contributed by atoms with Gasteiger partial charge in [-0.3, -0.25) is 13.9 Å². The fourth-order valence-corrected chi connectivity index (χ4v) is 5.93. The molecule has 7 nitrogen and oxygen atoms in total. The molecule has 0 spiro atoms. The van der Waals surface area contributed by atoms with Gasteiger partial charge in [0, 0.05) is 30.6 Å². The Morgan fingerprint density at radius 1 is 1.05 bits per heavy atom. The number of carbonyl (C=O) groups is 2. The van der Waals surface area contributed by atoms with E-state index in [4.69, 9.17) is 11.6 Å². The van der Waals surface area contributed by atoms with Crippen molar-refractivity contribution in [2.24, 2.45) is 0 Å². The van der Waals surface area contributed by atoms with Crippen molar-refractivity contribution < 1.29 is 18.0 Å². The zero-order valence-corrected chi connectivity index (χ0v) is 23.7. The third kappa shape index (κ3) is 8.47. The highest BCUT2D eigenvalue weighted by atomic mass is 35.5. The molecular weight excluding hydrogens is 510 g/mol. The minimum atomic E-state index is -3.53. The Hall–Kier alpha value is -2.58. The van der Waals surface area contributed by atoms with Crippen molar-refractivity contribution in [2.75, 3.05) is 17.1 Å². The quantitative estimate of drug-likeness (QED) is 0.430. The van der Waals surface area contributed by atoms with Gasteiger partial charge in [-0.15, -0.1) is 0 Å². The van der Waals surface area contributed by atoms with Crippen molar-refractivity contribution >= 4 is 39.1 Å². The van der Waals surface area contributed by atoms with Gasteiger partial charge in [-0.2, -0.15) is 0 Å². The lowest BCUT2D eigenvalue weighted by Crippen LogP contribution is -2.49. The van der Waals surface area contributed by atoms with Crippen LogP contribution in [-0.2, 0) is 26.2 Å². The van der Waals surface area contributed by atoms with E-state index in [-0.39, 0.29) is 37.4 Å². The number of sulfonamides is 1. The van der Waals surface area contributed by atoms with E-state index in [1.54, 1.807) is 24.0 Å². The summed E-state index contributed by atoms with van der Waals surface area (Å²) in [5.74, 6) is -0.361. The van der Waals surface area contributed by atoms with Gasteiger partial charge in [-0.25, -0.2) is 8.42 Å². The van der Waals surface area contributed by atoms with Gasteiger partial charge in [0.05, 0.1) is 11.9 Å². The van der Waals surface area contributed by atoms with E-state index in [1.165, 1.54) is 10.6 Å². The fourth-order valence-electron chi connectivity index (χ4n) is 4.86. The Balaban J connectivity index is 1.73. The van der Waals surface area contributed by atoms with Crippen LogP contribution >= 0.6 is 11.6 Å². The van der Waals surface area contributed by atoms with E-state index in [0.29, 0.717) is 17.1 Å². The van der Waals surface area contributed by atoms with Crippen LogP contribution < -0.4 is 9.62 Å². The smallest absolute Gasteiger partial charge is 0.242 e. The van der Waals surface area contributed by atoms with Crippen molar-refractivity contribution in [1.29, 1.82) is 0 Å². The SMILES string of the molecule is Cc1cc(C)cc(N(CCCC(=O)N(Cc2ccc(Cl)cc2)[C@@H](C)C(=O)NC2CCCC2)S(C)(=O)=O)c1. The number of rotatable bonds is 11. The fraction of sp³-hybridized carbons (Fsp3) is 0.500. The van der Waals surface area contributed by atoms with Crippen molar-refractivity contribution in [2.45, 2.75) is 77.9 Å². The van der Waals surface area contributed by atoms with Crippen molar-refractivity contribution in [3.05, 3.63) is 64.2 Å². The molecule has 0 bridgehead atoms. The summed E-state index contributed by atoms with van der Waals surface area (Å²) >= 11 is 6.03. The van der Waals surface area contributed by atoms with Crippen LogP contribution in [0.5, 0.6) is 0 Å². The van der Waals surface area contributed by atoms with Crippen LogP contribution in [0.2, 0.25) is 5.02 Å². The lowest BCUT2D eigenvalue weighted by Gasteiger charge is -2.30. The largest absolute Gasteiger partial charge is 0.352 e. The van der Waals surface area contributed by atoms with E-state index in [0.717, 1.165) is 42.4 Å². The van der Waals surface area contributed by atoms with Gasteiger partial charge >= 0.3 is 0 Å². The van der Waals surface area contributed by atoms with Crippen molar-refractivity contribution in [3.8, 4) is 0 Å². The Labute approximate surface area is 226 Å². The van der Waals surface area contributed by atoms with Crippen molar-refractivity contribution in [3.63, 3.8) is 0 Å². The number of nitrogens with zero attached hydrogens (tertiary/aromatic N) is 2. The second kappa shape index (κ2) is 12.8. The first kappa shape index (κ1) is 29.0. The molecule has 0 aromatic heterocycles. The van der Waals surface area contributed by atoms with E-state index >= 15 is 0 Å². The molecule has 3 rings (SSSR count). The third-order valence-corrected chi connectivity index (χ3v) is 8.23. The average molecular weight is 548 g/mol. The lowest BCUT2D eigenvalue weighted by atomic mass is 10.1. The number of benzene rings is 2. The zero-order valence-electron chi connectivity index (χ0n) is 22.2. The lowest BCUT2D eigenvalue weighted by molar-refractivity contribution is -0.141. The molecule has 202 valence electrons. The predicted octanol–water partition coefficient (Wildman–Crippen LogP) is 4.98. The molecule has 1 aliphatic carbocycles. The number of hydrogen-bond acceptors (Lipinski definition) is 4. The molecule has 2 aromatic rings. The van der Waals surface area contributed by atoms with Crippen LogP contribution in [0.1, 0.15) is 62.1 Å². The molecule has 9 heteroatoms. The van der Waals surface area contributed by atoms with Crippen LogP contribution in [0, 0.1) is 13.8 Å². The zero-order chi connectivity index (χ0) is 27.2. The van der Waals surface area contributed by atoms with Crippen molar-refractivity contribution in [1.82, 2.24) is 10.2 Å². The van der Waals surface area contributed by atoms with E-state index in [1.807, 2.05) is 44.2 Å². The summed E-state index contributed by atoms with van der Waals surface area (Å²) in [6, 6.07) is 12.4. The van der Waals surface area contributed by atoms with E-state index in [2.05, 4.69) is 5.32 Å². The summed E-state index contributed by atoms with van der Waals surface area (Å²) < 4.78 is 26.5. The summed E-state index contributed by atoms with van der Waals surface area (Å²) in [6.45, 7) is 6.03. The van der Waals surface area contributed by atoms with Gasteiger partial charge in [0.2, 0.25) is 21.8 Å². The minimum Gasteiger partial charge on any atom is -0.352 e. The highest BCUT2D eigenvalue weighted by Crippen LogP contribution is 2.23. The number of nitrogens with one attached hydrogen (secondary N) is 1. The number of halogens is 1. The second-order valence-corrected chi connectivity index (χ2v) is 12.4. The molecule has 1 fully saturated rings. The Kier molecular flexibility index (Phi) is 10.0. The Morgan fingerprint density at radius 2 is 1.65 bits per heavy atom. The first-order valence-corrected chi connectivity index (χ1v) is 15.1. The first-order valence-electron chi connectivity index (χ1n) is 12.8. The van der Waals surface area contributed by atoms with Gasteiger partial charge in [-0.05, 0) is 81.0 Å².